The SMILES string of the molecule is Cc1[nH]n2c(=O)cc(-c3ccc(F)cc3F)nc2c1-c1ccc(F)cc1F. The molecule has 4 nitrogen and oxygen atoms in total. The van der Waals surface area contributed by atoms with E-state index in [4.69, 9.17) is 0 Å². The fourth-order valence-corrected chi connectivity index (χ4v) is 3.00. The summed E-state index contributed by atoms with van der Waals surface area (Å²) in [4.78, 5) is 16.7. The second-order valence-electron chi connectivity index (χ2n) is 6.00. The molecule has 0 aliphatic heterocycles. The normalized spacial score (nSPS) is 11.3. The number of nitrogens with zero attached hydrogens (tertiary/aromatic N) is 2. The van der Waals surface area contributed by atoms with Crippen LogP contribution in [0.3, 0.4) is 0 Å². The summed E-state index contributed by atoms with van der Waals surface area (Å²) < 4.78 is 55.9. The average molecular weight is 373 g/mol. The number of hydrogen-bond acceptors (Lipinski definition) is 2. The molecule has 0 saturated carbocycles. The molecule has 4 aromatic rings. The number of aromatic nitrogens is 3. The Kier molecular flexibility index (Phi) is 3.83. The summed E-state index contributed by atoms with van der Waals surface area (Å²) in [5.41, 5.74) is 0.0903. The number of fused-ring (bicyclic) bond motifs is 1. The van der Waals surface area contributed by atoms with Gasteiger partial charge in [0.15, 0.2) is 5.65 Å². The van der Waals surface area contributed by atoms with Gasteiger partial charge in [0.25, 0.3) is 5.56 Å². The van der Waals surface area contributed by atoms with Gasteiger partial charge >= 0.3 is 0 Å². The fraction of sp³-hybridized carbons (Fsp3) is 0.0526. The number of nitrogens with one attached hydrogen (secondary N) is 1. The van der Waals surface area contributed by atoms with E-state index in [1.54, 1.807) is 6.92 Å². The van der Waals surface area contributed by atoms with Crippen molar-refractivity contribution in [1.29, 1.82) is 0 Å². The van der Waals surface area contributed by atoms with Crippen LogP contribution in [0, 0.1) is 30.2 Å². The summed E-state index contributed by atoms with van der Waals surface area (Å²) in [6, 6.07) is 7.03. The van der Waals surface area contributed by atoms with Crippen LogP contribution in [0.25, 0.3) is 28.0 Å². The zero-order chi connectivity index (χ0) is 19.3. The summed E-state index contributed by atoms with van der Waals surface area (Å²) >= 11 is 0. The fourth-order valence-electron chi connectivity index (χ4n) is 3.00. The molecule has 2 heterocycles. The van der Waals surface area contributed by atoms with E-state index in [9.17, 15) is 22.4 Å². The van der Waals surface area contributed by atoms with Gasteiger partial charge in [0.1, 0.15) is 23.3 Å². The minimum absolute atomic E-state index is 0.0275. The average Bonchev–Trinajstić information content (AvgIpc) is 2.92. The van der Waals surface area contributed by atoms with E-state index in [2.05, 4.69) is 10.1 Å². The van der Waals surface area contributed by atoms with Crippen LogP contribution in [0.4, 0.5) is 17.6 Å². The molecule has 0 amide bonds. The highest BCUT2D eigenvalue weighted by Crippen LogP contribution is 2.30. The van der Waals surface area contributed by atoms with Crippen molar-refractivity contribution in [3.8, 4) is 22.4 Å². The molecule has 0 unspecified atom stereocenters. The largest absolute Gasteiger partial charge is 0.293 e. The number of aryl methyl sites for hydroxylation is 1. The van der Waals surface area contributed by atoms with Gasteiger partial charge in [0.2, 0.25) is 0 Å². The third-order valence-corrected chi connectivity index (χ3v) is 4.20. The number of H-pyrrole nitrogens is 1. The second-order valence-corrected chi connectivity index (χ2v) is 6.00. The molecule has 0 aliphatic rings. The van der Waals surface area contributed by atoms with E-state index in [0.29, 0.717) is 11.8 Å². The minimum atomic E-state index is -0.881. The van der Waals surface area contributed by atoms with Gasteiger partial charge in [0.05, 0.1) is 5.69 Å². The van der Waals surface area contributed by atoms with Crippen LogP contribution < -0.4 is 5.56 Å². The lowest BCUT2D eigenvalue weighted by Crippen LogP contribution is -2.14. The molecule has 0 fully saturated rings. The van der Waals surface area contributed by atoms with Gasteiger partial charge in [0, 0.05) is 40.6 Å². The van der Waals surface area contributed by atoms with E-state index in [0.717, 1.165) is 28.8 Å². The molecule has 8 heteroatoms. The van der Waals surface area contributed by atoms with Gasteiger partial charge in [-0.1, -0.05) is 0 Å². The number of halogens is 4. The van der Waals surface area contributed by atoms with Crippen LogP contribution in [0.15, 0.2) is 47.3 Å². The van der Waals surface area contributed by atoms with Gasteiger partial charge in [-0.2, -0.15) is 0 Å². The Bertz CT molecular complexity index is 1260. The zero-order valence-corrected chi connectivity index (χ0v) is 13.9. The van der Waals surface area contributed by atoms with E-state index >= 15 is 0 Å². The van der Waals surface area contributed by atoms with Crippen molar-refractivity contribution in [3.05, 3.63) is 81.8 Å². The van der Waals surface area contributed by atoms with Crippen molar-refractivity contribution in [2.24, 2.45) is 0 Å². The number of hydrogen-bond donors (Lipinski definition) is 1. The molecule has 0 bridgehead atoms. The number of benzene rings is 2. The lowest BCUT2D eigenvalue weighted by Gasteiger charge is -2.06. The molecular weight excluding hydrogens is 362 g/mol. The molecule has 136 valence electrons. The van der Waals surface area contributed by atoms with Gasteiger partial charge in [-0.15, -0.1) is 0 Å². The van der Waals surface area contributed by atoms with E-state index < -0.39 is 28.8 Å². The monoisotopic (exact) mass is 373 g/mol. The Morgan fingerprint density at radius 3 is 2.07 bits per heavy atom. The van der Waals surface area contributed by atoms with Crippen LogP contribution in [-0.4, -0.2) is 14.6 Å². The maximum atomic E-state index is 14.3. The first kappa shape index (κ1) is 17.0. The van der Waals surface area contributed by atoms with Crippen LogP contribution in [0.1, 0.15) is 5.69 Å². The predicted octanol–water partition coefficient (Wildman–Crippen LogP) is 4.22. The third kappa shape index (κ3) is 2.79. The molecule has 0 saturated heterocycles. The Morgan fingerprint density at radius 2 is 1.48 bits per heavy atom. The first-order valence-corrected chi connectivity index (χ1v) is 7.88. The molecule has 0 spiro atoms. The van der Waals surface area contributed by atoms with Crippen LogP contribution in [-0.2, 0) is 0 Å². The zero-order valence-electron chi connectivity index (χ0n) is 13.9. The van der Waals surface area contributed by atoms with Crippen LogP contribution in [0.2, 0.25) is 0 Å². The lowest BCUT2D eigenvalue weighted by molar-refractivity contribution is 0.584. The van der Waals surface area contributed by atoms with Gasteiger partial charge in [-0.05, 0) is 31.2 Å². The summed E-state index contributed by atoms with van der Waals surface area (Å²) in [6.07, 6.45) is 0. The van der Waals surface area contributed by atoms with E-state index in [1.165, 1.54) is 12.1 Å². The molecule has 2 aromatic heterocycles. The molecule has 0 aliphatic carbocycles. The van der Waals surface area contributed by atoms with Gasteiger partial charge in [-0.3, -0.25) is 9.89 Å². The van der Waals surface area contributed by atoms with Crippen molar-refractivity contribution >= 4 is 5.65 Å². The first-order chi connectivity index (χ1) is 12.8. The highest BCUT2D eigenvalue weighted by Gasteiger charge is 2.19. The molecule has 0 atom stereocenters. The Hall–Kier alpha value is -3.42. The second kappa shape index (κ2) is 6.08. The van der Waals surface area contributed by atoms with Crippen molar-refractivity contribution in [2.75, 3.05) is 0 Å². The summed E-state index contributed by atoms with van der Waals surface area (Å²) in [5.74, 6) is -3.21. The maximum Gasteiger partial charge on any atom is 0.273 e. The Labute approximate surface area is 149 Å². The summed E-state index contributed by atoms with van der Waals surface area (Å²) in [7, 11) is 0. The smallest absolute Gasteiger partial charge is 0.273 e. The topological polar surface area (TPSA) is 50.2 Å². The van der Waals surface area contributed by atoms with Crippen molar-refractivity contribution in [1.82, 2.24) is 14.6 Å². The molecule has 0 radical (unpaired) electrons. The van der Waals surface area contributed by atoms with E-state index in [1.807, 2.05) is 0 Å². The highest BCUT2D eigenvalue weighted by atomic mass is 19.1. The van der Waals surface area contributed by atoms with E-state index in [-0.39, 0.29) is 28.0 Å². The Morgan fingerprint density at radius 1 is 0.889 bits per heavy atom. The molecule has 1 N–H and O–H groups in total. The van der Waals surface area contributed by atoms with Crippen molar-refractivity contribution in [2.45, 2.75) is 6.92 Å². The van der Waals surface area contributed by atoms with Gasteiger partial charge < -0.3 is 0 Å². The lowest BCUT2D eigenvalue weighted by atomic mass is 10.1. The van der Waals surface area contributed by atoms with Gasteiger partial charge in [-0.25, -0.2) is 27.1 Å². The predicted molar refractivity (Wildman–Crippen MR) is 91.3 cm³/mol. The summed E-state index contributed by atoms with van der Waals surface area (Å²) in [5, 5.41) is 2.77. The third-order valence-electron chi connectivity index (χ3n) is 4.20. The van der Waals surface area contributed by atoms with Crippen molar-refractivity contribution in [3.63, 3.8) is 0 Å². The standard InChI is InChI=1S/C19H11F4N3O/c1-9-18(13-5-3-11(21)7-15(13)23)19-24-16(8-17(27)26(19)25-9)12-4-2-10(20)6-14(12)22/h2-8,25H,1H3. The molecule has 4 rings (SSSR count). The first-order valence-electron chi connectivity index (χ1n) is 7.88. The number of aromatic amines is 1. The number of rotatable bonds is 2. The van der Waals surface area contributed by atoms with Crippen molar-refractivity contribution < 1.29 is 17.6 Å². The Balaban J connectivity index is 2.03. The quantitative estimate of drug-likeness (QED) is 0.535. The highest BCUT2D eigenvalue weighted by molar-refractivity contribution is 5.81. The molecule has 2 aromatic carbocycles. The maximum absolute atomic E-state index is 14.3. The van der Waals surface area contributed by atoms with Crippen LogP contribution in [0.5, 0.6) is 0 Å². The van der Waals surface area contributed by atoms with Crippen LogP contribution >= 0.6 is 0 Å². The molecule has 27 heavy (non-hydrogen) atoms. The molecular formula is C19H11F4N3O. The minimum Gasteiger partial charge on any atom is -0.293 e. The summed E-state index contributed by atoms with van der Waals surface area (Å²) in [6.45, 7) is 1.60.